The van der Waals surface area contributed by atoms with Gasteiger partial charge in [-0.3, -0.25) is 4.79 Å². The Labute approximate surface area is 98.9 Å². The lowest BCUT2D eigenvalue weighted by atomic mass is 10.0. The zero-order chi connectivity index (χ0) is 11.8. The summed E-state index contributed by atoms with van der Waals surface area (Å²) in [5, 5.41) is 2.15. The predicted octanol–water partition coefficient (Wildman–Crippen LogP) is 3.51. The molecule has 2 aromatic carbocycles. The summed E-state index contributed by atoms with van der Waals surface area (Å²) in [4.78, 5) is 15.6. The molecule has 2 heteroatoms. The van der Waals surface area contributed by atoms with Crippen molar-refractivity contribution in [3.63, 3.8) is 0 Å². The van der Waals surface area contributed by atoms with Crippen molar-refractivity contribution in [2.75, 3.05) is 0 Å². The van der Waals surface area contributed by atoms with Crippen LogP contribution in [0.25, 0.3) is 21.8 Å². The van der Waals surface area contributed by atoms with E-state index < -0.39 is 0 Å². The highest BCUT2D eigenvalue weighted by molar-refractivity contribution is 6.01. The van der Waals surface area contributed by atoms with Gasteiger partial charge in [-0.05, 0) is 30.7 Å². The molecule has 0 aliphatic rings. The summed E-state index contributed by atoms with van der Waals surface area (Å²) in [5.74, 6) is 0. The van der Waals surface area contributed by atoms with Crippen LogP contribution in [0.1, 0.15) is 15.9 Å². The van der Waals surface area contributed by atoms with E-state index in [4.69, 9.17) is 0 Å². The number of rotatable bonds is 1. The Morgan fingerprint density at radius 3 is 2.76 bits per heavy atom. The van der Waals surface area contributed by atoms with Gasteiger partial charge in [0.15, 0.2) is 6.29 Å². The molecule has 0 bridgehead atoms. The molecule has 0 unspecified atom stereocenters. The first-order valence-corrected chi connectivity index (χ1v) is 5.54. The van der Waals surface area contributed by atoms with Gasteiger partial charge in [0.05, 0.1) is 11.0 Å². The summed E-state index contributed by atoms with van der Waals surface area (Å²) in [6, 6.07) is 13.8. The number of hydrogen-bond donors (Lipinski definition) is 0. The highest BCUT2D eigenvalue weighted by Crippen LogP contribution is 2.23. The average Bonchev–Trinajstić information content (AvgIpc) is 2.36. The number of carbonyl (C=O) groups is 1. The van der Waals surface area contributed by atoms with Crippen LogP contribution in [0.3, 0.4) is 0 Å². The molecule has 1 heterocycles. The standard InChI is InChI=1S/C15H11NO/c1-10-4-2-7-14-13(10)8-11-5-3-6-12(9-17)15(11)16-14/h2-9H,1H3. The van der Waals surface area contributed by atoms with Crippen molar-refractivity contribution in [3.8, 4) is 0 Å². The van der Waals surface area contributed by atoms with Crippen molar-refractivity contribution >= 4 is 28.1 Å². The molecule has 1 aromatic heterocycles. The van der Waals surface area contributed by atoms with Crippen molar-refractivity contribution in [1.29, 1.82) is 0 Å². The summed E-state index contributed by atoms with van der Waals surface area (Å²) in [5.41, 5.74) is 3.56. The second-order valence-electron chi connectivity index (χ2n) is 4.17. The van der Waals surface area contributed by atoms with E-state index in [1.807, 2.05) is 24.3 Å². The number of pyridine rings is 1. The van der Waals surface area contributed by atoms with E-state index in [1.165, 1.54) is 5.56 Å². The predicted molar refractivity (Wildman–Crippen MR) is 69.4 cm³/mol. The first-order chi connectivity index (χ1) is 8.29. The number of aryl methyl sites for hydroxylation is 1. The summed E-state index contributed by atoms with van der Waals surface area (Å²) >= 11 is 0. The van der Waals surface area contributed by atoms with E-state index in [2.05, 4.69) is 24.0 Å². The highest BCUT2D eigenvalue weighted by atomic mass is 16.1. The van der Waals surface area contributed by atoms with Crippen LogP contribution in [-0.2, 0) is 0 Å². The normalized spacial score (nSPS) is 10.9. The SMILES string of the molecule is Cc1cccc2nc3c(C=O)cccc3cc12. The minimum atomic E-state index is 0.644. The minimum Gasteiger partial charge on any atom is -0.298 e. The van der Waals surface area contributed by atoms with Gasteiger partial charge in [-0.15, -0.1) is 0 Å². The van der Waals surface area contributed by atoms with Crippen LogP contribution in [0.15, 0.2) is 42.5 Å². The van der Waals surface area contributed by atoms with Crippen LogP contribution >= 0.6 is 0 Å². The maximum Gasteiger partial charge on any atom is 0.152 e. The van der Waals surface area contributed by atoms with Crippen molar-refractivity contribution in [1.82, 2.24) is 4.98 Å². The Bertz CT molecular complexity index is 731. The summed E-state index contributed by atoms with van der Waals surface area (Å²) in [6.45, 7) is 2.07. The molecule has 0 amide bonds. The van der Waals surface area contributed by atoms with Gasteiger partial charge in [-0.2, -0.15) is 0 Å². The van der Waals surface area contributed by atoms with Crippen molar-refractivity contribution in [2.24, 2.45) is 0 Å². The molecular formula is C15H11NO. The number of benzene rings is 2. The van der Waals surface area contributed by atoms with E-state index in [0.717, 1.165) is 28.1 Å². The third-order valence-electron chi connectivity index (χ3n) is 3.06. The lowest BCUT2D eigenvalue weighted by Gasteiger charge is -2.05. The second-order valence-corrected chi connectivity index (χ2v) is 4.17. The maximum atomic E-state index is 11.0. The molecular weight excluding hydrogens is 210 g/mol. The van der Waals surface area contributed by atoms with Gasteiger partial charge in [0.2, 0.25) is 0 Å². The van der Waals surface area contributed by atoms with Gasteiger partial charge in [0.25, 0.3) is 0 Å². The van der Waals surface area contributed by atoms with Crippen LogP contribution in [-0.4, -0.2) is 11.3 Å². The van der Waals surface area contributed by atoms with Crippen LogP contribution < -0.4 is 0 Å². The summed E-state index contributed by atoms with van der Waals surface area (Å²) < 4.78 is 0. The third-order valence-corrected chi connectivity index (χ3v) is 3.06. The number of fused-ring (bicyclic) bond motifs is 2. The lowest BCUT2D eigenvalue weighted by molar-refractivity contribution is 0.112. The number of aromatic nitrogens is 1. The van der Waals surface area contributed by atoms with E-state index in [0.29, 0.717) is 5.56 Å². The van der Waals surface area contributed by atoms with Gasteiger partial charge in [0, 0.05) is 16.3 Å². The number of carbonyl (C=O) groups excluding carboxylic acids is 1. The number of hydrogen-bond acceptors (Lipinski definition) is 2. The Balaban J connectivity index is 2.52. The largest absolute Gasteiger partial charge is 0.298 e. The van der Waals surface area contributed by atoms with E-state index >= 15 is 0 Å². The fourth-order valence-corrected chi connectivity index (χ4v) is 2.15. The zero-order valence-electron chi connectivity index (χ0n) is 9.47. The Morgan fingerprint density at radius 2 is 1.94 bits per heavy atom. The second kappa shape index (κ2) is 3.67. The zero-order valence-corrected chi connectivity index (χ0v) is 9.47. The molecule has 0 N–H and O–H groups in total. The van der Waals surface area contributed by atoms with Crippen LogP contribution in [0.2, 0.25) is 0 Å². The van der Waals surface area contributed by atoms with Gasteiger partial charge < -0.3 is 0 Å². The molecule has 0 spiro atoms. The first-order valence-electron chi connectivity index (χ1n) is 5.54. The van der Waals surface area contributed by atoms with Crippen molar-refractivity contribution in [3.05, 3.63) is 53.6 Å². The van der Waals surface area contributed by atoms with Gasteiger partial charge >= 0.3 is 0 Å². The summed E-state index contributed by atoms with van der Waals surface area (Å²) in [6.07, 6.45) is 0.858. The molecule has 0 aliphatic heterocycles. The monoisotopic (exact) mass is 221 g/mol. The van der Waals surface area contributed by atoms with Crippen LogP contribution in [0.5, 0.6) is 0 Å². The Hall–Kier alpha value is -2.22. The van der Waals surface area contributed by atoms with E-state index in [9.17, 15) is 4.79 Å². The average molecular weight is 221 g/mol. The molecule has 0 saturated carbocycles. The fourth-order valence-electron chi connectivity index (χ4n) is 2.15. The van der Waals surface area contributed by atoms with E-state index in [1.54, 1.807) is 6.07 Å². The number of aldehydes is 1. The Kier molecular flexibility index (Phi) is 2.15. The molecule has 3 aromatic rings. The molecule has 17 heavy (non-hydrogen) atoms. The van der Waals surface area contributed by atoms with Crippen LogP contribution in [0, 0.1) is 6.92 Å². The minimum absolute atomic E-state index is 0.644. The topological polar surface area (TPSA) is 30.0 Å². The van der Waals surface area contributed by atoms with Gasteiger partial charge in [0.1, 0.15) is 0 Å². The molecule has 2 nitrogen and oxygen atoms in total. The molecule has 0 fully saturated rings. The molecule has 0 atom stereocenters. The first kappa shape index (κ1) is 9.97. The van der Waals surface area contributed by atoms with Gasteiger partial charge in [-0.25, -0.2) is 4.98 Å². The van der Waals surface area contributed by atoms with Crippen molar-refractivity contribution < 1.29 is 4.79 Å². The molecule has 0 aliphatic carbocycles. The van der Waals surface area contributed by atoms with Gasteiger partial charge in [-0.1, -0.05) is 24.3 Å². The third kappa shape index (κ3) is 1.49. The smallest absolute Gasteiger partial charge is 0.152 e. The number of para-hydroxylation sites is 1. The van der Waals surface area contributed by atoms with Crippen LogP contribution in [0.4, 0.5) is 0 Å². The maximum absolute atomic E-state index is 11.0. The number of nitrogens with zero attached hydrogens (tertiary/aromatic N) is 1. The van der Waals surface area contributed by atoms with Crippen molar-refractivity contribution in [2.45, 2.75) is 6.92 Å². The molecule has 3 rings (SSSR count). The Morgan fingerprint density at radius 1 is 1.12 bits per heavy atom. The summed E-state index contributed by atoms with van der Waals surface area (Å²) in [7, 11) is 0. The molecule has 0 radical (unpaired) electrons. The fraction of sp³-hybridized carbons (Fsp3) is 0.0667. The van der Waals surface area contributed by atoms with E-state index in [-0.39, 0.29) is 0 Å². The molecule has 0 saturated heterocycles. The molecule has 82 valence electrons. The lowest BCUT2D eigenvalue weighted by Crippen LogP contribution is -1.89. The highest BCUT2D eigenvalue weighted by Gasteiger charge is 2.04. The quantitative estimate of drug-likeness (QED) is 0.465.